The van der Waals surface area contributed by atoms with Gasteiger partial charge in [-0.15, -0.1) is 0 Å². The Bertz CT molecular complexity index is 569. The third-order valence-corrected chi connectivity index (χ3v) is 3.60. The SMILES string of the molecule is CCOC(=O)/C=C/N=c1[se]ccn1/C=C/C(=O)OCC. The molecule has 0 aliphatic rings. The summed E-state index contributed by atoms with van der Waals surface area (Å²) in [7, 11) is 0. The van der Waals surface area contributed by atoms with Crippen LogP contribution in [0.4, 0.5) is 0 Å². The third kappa shape index (κ3) is 5.86. The van der Waals surface area contributed by atoms with Gasteiger partial charge in [-0.3, -0.25) is 0 Å². The van der Waals surface area contributed by atoms with Crippen molar-refractivity contribution >= 4 is 32.6 Å². The number of carbonyl (C=O) groups is 2. The summed E-state index contributed by atoms with van der Waals surface area (Å²) in [5.41, 5.74) is 0. The van der Waals surface area contributed by atoms with E-state index in [-0.39, 0.29) is 14.5 Å². The van der Waals surface area contributed by atoms with E-state index in [1.807, 2.05) is 11.1 Å². The van der Waals surface area contributed by atoms with Crippen molar-refractivity contribution in [3.05, 3.63) is 33.9 Å². The van der Waals surface area contributed by atoms with Gasteiger partial charge in [0, 0.05) is 0 Å². The molecule has 0 saturated carbocycles. The molecule has 0 aliphatic heterocycles. The quantitative estimate of drug-likeness (QED) is 0.430. The van der Waals surface area contributed by atoms with E-state index in [0.29, 0.717) is 13.2 Å². The van der Waals surface area contributed by atoms with E-state index in [1.165, 1.54) is 18.4 Å². The molecule has 1 heterocycles. The number of hydrogen-bond acceptors (Lipinski definition) is 5. The molecular weight excluding hydrogens is 327 g/mol. The molecule has 0 amide bonds. The van der Waals surface area contributed by atoms with Crippen LogP contribution in [0, 0.1) is 0 Å². The van der Waals surface area contributed by atoms with E-state index in [2.05, 4.69) is 4.99 Å². The summed E-state index contributed by atoms with van der Waals surface area (Å²) < 4.78 is 12.0. The Balaban J connectivity index is 2.76. The fourth-order valence-corrected chi connectivity index (χ4v) is 2.60. The summed E-state index contributed by atoms with van der Waals surface area (Å²) in [6.07, 6.45) is 7.39. The van der Waals surface area contributed by atoms with Gasteiger partial charge in [-0.1, -0.05) is 0 Å². The Morgan fingerprint density at radius 3 is 2.55 bits per heavy atom. The van der Waals surface area contributed by atoms with Crippen molar-refractivity contribution in [2.45, 2.75) is 13.8 Å². The Morgan fingerprint density at radius 2 is 1.90 bits per heavy atom. The zero-order valence-electron chi connectivity index (χ0n) is 11.3. The van der Waals surface area contributed by atoms with Gasteiger partial charge < -0.3 is 0 Å². The normalized spacial score (nSPS) is 12.2. The van der Waals surface area contributed by atoms with Crippen molar-refractivity contribution in [2.75, 3.05) is 13.2 Å². The van der Waals surface area contributed by atoms with Gasteiger partial charge in [0.2, 0.25) is 0 Å². The molecule has 0 atom stereocenters. The molecule has 0 fully saturated rings. The van der Waals surface area contributed by atoms with Crippen LogP contribution < -0.4 is 4.36 Å². The topological polar surface area (TPSA) is 69.9 Å². The van der Waals surface area contributed by atoms with Crippen LogP contribution in [0.25, 0.3) is 6.20 Å². The van der Waals surface area contributed by atoms with Crippen LogP contribution in [0.15, 0.2) is 34.5 Å². The van der Waals surface area contributed by atoms with Gasteiger partial charge in [0.15, 0.2) is 0 Å². The van der Waals surface area contributed by atoms with Gasteiger partial charge in [-0.05, 0) is 0 Å². The molecule has 0 spiro atoms. The van der Waals surface area contributed by atoms with Crippen molar-refractivity contribution in [2.24, 2.45) is 4.99 Å². The van der Waals surface area contributed by atoms with Crippen LogP contribution in [0.5, 0.6) is 0 Å². The number of ether oxygens (including phenoxy) is 2. The number of esters is 2. The molecule has 1 rings (SSSR count). The Kier molecular flexibility index (Phi) is 7.39. The number of nitrogens with zero attached hydrogens (tertiary/aromatic N) is 2. The summed E-state index contributed by atoms with van der Waals surface area (Å²) >= 11 is 0.0675. The molecule has 1 aromatic heterocycles. The molecule has 0 bridgehead atoms. The van der Waals surface area contributed by atoms with Crippen LogP contribution in [0.1, 0.15) is 13.8 Å². The predicted molar refractivity (Wildman–Crippen MR) is 74.7 cm³/mol. The first kappa shape index (κ1) is 16.2. The standard InChI is InChI=1S/C13H16N2O4Se/c1-3-18-11(16)5-7-14-13-15(9-10-20-13)8-6-12(17)19-4-2/h5-10H,3-4H2,1-2H3/b7-5+,8-6+,14-13?. The molecule has 108 valence electrons. The molecular formula is C13H16N2O4Se. The molecule has 7 heteroatoms. The average molecular weight is 343 g/mol. The Morgan fingerprint density at radius 1 is 1.25 bits per heavy atom. The van der Waals surface area contributed by atoms with E-state index in [9.17, 15) is 9.59 Å². The van der Waals surface area contributed by atoms with Gasteiger partial charge in [0.25, 0.3) is 0 Å². The maximum absolute atomic E-state index is 11.2. The third-order valence-electron chi connectivity index (χ3n) is 1.96. The first-order valence-corrected chi connectivity index (χ1v) is 7.89. The molecule has 0 saturated heterocycles. The summed E-state index contributed by atoms with van der Waals surface area (Å²) in [5.74, 6) is -0.828. The Labute approximate surface area is 122 Å². The second-order valence-corrected chi connectivity index (χ2v) is 5.19. The maximum atomic E-state index is 11.2. The minimum absolute atomic E-state index is 0.0675. The molecule has 20 heavy (non-hydrogen) atoms. The van der Waals surface area contributed by atoms with E-state index in [0.717, 1.165) is 4.36 Å². The van der Waals surface area contributed by atoms with Crippen LogP contribution >= 0.6 is 0 Å². The first-order chi connectivity index (χ1) is 9.67. The number of rotatable bonds is 6. The van der Waals surface area contributed by atoms with E-state index in [1.54, 1.807) is 24.6 Å². The molecule has 0 N–H and O–H groups in total. The average Bonchev–Trinajstić information content (AvgIpc) is 2.85. The summed E-state index contributed by atoms with van der Waals surface area (Å²) in [6, 6.07) is 0. The van der Waals surface area contributed by atoms with Crippen LogP contribution in [0.3, 0.4) is 0 Å². The van der Waals surface area contributed by atoms with E-state index >= 15 is 0 Å². The van der Waals surface area contributed by atoms with Crippen LogP contribution in [-0.4, -0.2) is 44.2 Å². The van der Waals surface area contributed by atoms with Gasteiger partial charge in [-0.2, -0.15) is 0 Å². The molecule has 0 aromatic carbocycles. The van der Waals surface area contributed by atoms with Crippen LogP contribution in [0.2, 0.25) is 0 Å². The fourth-order valence-electron chi connectivity index (χ4n) is 1.18. The molecule has 1 aromatic rings. The van der Waals surface area contributed by atoms with Crippen molar-refractivity contribution in [3.8, 4) is 0 Å². The minimum atomic E-state index is -0.427. The summed E-state index contributed by atoms with van der Waals surface area (Å²) in [6.45, 7) is 4.16. The zero-order chi connectivity index (χ0) is 14.8. The van der Waals surface area contributed by atoms with Gasteiger partial charge in [0.05, 0.1) is 0 Å². The van der Waals surface area contributed by atoms with E-state index < -0.39 is 11.9 Å². The fraction of sp³-hybridized carbons (Fsp3) is 0.308. The van der Waals surface area contributed by atoms with Gasteiger partial charge in [-0.25, -0.2) is 0 Å². The first-order valence-electron chi connectivity index (χ1n) is 6.05. The Hall–Kier alpha value is -1.85. The molecule has 0 aliphatic carbocycles. The second-order valence-electron chi connectivity index (χ2n) is 3.36. The van der Waals surface area contributed by atoms with Crippen molar-refractivity contribution in [1.82, 2.24) is 4.57 Å². The van der Waals surface area contributed by atoms with Gasteiger partial charge >= 0.3 is 122 Å². The number of aromatic nitrogens is 1. The number of carbonyl (C=O) groups excluding carboxylic acids is 2. The van der Waals surface area contributed by atoms with Gasteiger partial charge in [0.1, 0.15) is 0 Å². The second kappa shape index (κ2) is 9.12. The monoisotopic (exact) mass is 344 g/mol. The zero-order valence-corrected chi connectivity index (χ0v) is 13.0. The molecule has 6 nitrogen and oxygen atoms in total. The van der Waals surface area contributed by atoms with Crippen molar-refractivity contribution in [3.63, 3.8) is 0 Å². The van der Waals surface area contributed by atoms with Crippen LogP contribution in [-0.2, 0) is 19.1 Å². The predicted octanol–water partition coefficient (Wildman–Crippen LogP) is 0.556. The summed E-state index contributed by atoms with van der Waals surface area (Å²) in [5, 5.41) is 0. The number of hydrogen-bond donors (Lipinski definition) is 0. The molecule has 0 unspecified atom stereocenters. The molecule has 0 radical (unpaired) electrons. The summed E-state index contributed by atoms with van der Waals surface area (Å²) in [4.78, 5) is 28.5. The van der Waals surface area contributed by atoms with E-state index in [4.69, 9.17) is 9.47 Å². The van der Waals surface area contributed by atoms with Crippen molar-refractivity contribution < 1.29 is 19.1 Å². The van der Waals surface area contributed by atoms with Crippen molar-refractivity contribution in [1.29, 1.82) is 0 Å².